The number of rotatable bonds is 8. The van der Waals surface area contributed by atoms with Crippen LogP contribution in [-0.4, -0.2) is 37.3 Å². The molecule has 0 saturated carbocycles. The van der Waals surface area contributed by atoms with Crippen molar-refractivity contribution >= 4 is 35.7 Å². The van der Waals surface area contributed by atoms with Crippen molar-refractivity contribution in [3.8, 4) is 11.5 Å². The molecule has 0 aliphatic carbocycles. The summed E-state index contributed by atoms with van der Waals surface area (Å²) in [6.07, 6.45) is 1.36. The molecular weight excluding hydrogens is 446 g/mol. The molecule has 0 aliphatic heterocycles. The van der Waals surface area contributed by atoms with Gasteiger partial charge in [0.05, 0.1) is 18.6 Å². The average molecular weight is 474 g/mol. The van der Waals surface area contributed by atoms with Gasteiger partial charge in [0.25, 0.3) is 0 Å². The van der Waals surface area contributed by atoms with Crippen LogP contribution in [0.5, 0.6) is 11.5 Å². The molecule has 1 unspecified atom stereocenters. The van der Waals surface area contributed by atoms with Crippen LogP contribution in [0.1, 0.15) is 49.2 Å². The Labute approximate surface area is 198 Å². The topological polar surface area (TPSA) is 91.3 Å². The first-order valence-electron chi connectivity index (χ1n) is 10.5. The largest absolute Gasteiger partial charge is 0.467 e. The van der Waals surface area contributed by atoms with Crippen molar-refractivity contribution in [2.24, 2.45) is 16.8 Å². The van der Waals surface area contributed by atoms with Crippen molar-refractivity contribution in [1.82, 2.24) is 0 Å². The van der Waals surface area contributed by atoms with Gasteiger partial charge in [-0.15, -0.1) is 0 Å². The van der Waals surface area contributed by atoms with Gasteiger partial charge in [-0.1, -0.05) is 57.0 Å². The average Bonchev–Trinajstić information content (AvgIpc) is 2.75. The third-order valence-corrected chi connectivity index (χ3v) is 4.85. The van der Waals surface area contributed by atoms with Crippen LogP contribution in [0.15, 0.2) is 41.4 Å². The van der Waals surface area contributed by atoms with E-state index < -0.39 is 29.9 Å². The number of esters is 3. The number of ether oxygens (including phenoxy) is 3. The van der Waals surface area contributed by atoms with Crippen LogP contribution >= 0.6 is 11.6 Å². The van der Waals surface area contributed by atoms with Crippen LogP contribution in [0.25, 0.3) is 0 Å². The minimum absolute atomic E-state index is 0.0183. The standard InChI is InChI=1S/C25H28ClNO6/c1-14(2)21(25(30)31-6)27-13-18-11-19(26)12-20(22(18)33-23(28)15(3)4)32-24(29)17-9-7-8-16(5)10-17/h7-15,21H,1-6H3. The summed E-state index contributed by atoms with van der Waals surface area (Å²) in [4.78, 5) is 41.5. The molecular formula is C25H28ClNO6. The van der Waals surface area contributed by atoms with Gasteiger partial charge in [-0.05, 0) is 31.0 Å². The van der Waals surface area contributed by atoms with Crippen LogP contribution in [0.2, 0.25) is 5.02 Å². The van der Waals surface area contributed by atoms with E-state index in [9.17, 15) is 14.4 Å². The number of benzene rings is 2. The monoisotopic (exact) mass is 473 g/mol. The number of aliphatic imine (C=N–C) groups is 1. The Morgan fingerprint density at radius 1 is 1.00 bits per heavy atom. The quantitative estimate of drug-likeness (QED) is 0.303. The Morgan fingerprint density at radius 2 is 1.70 bits per heavy atom. The zero-order chi connectivity index (χ0) is 24.7. The molecule has 0 N–H and O–H groups in total. The second-order valence-electron chi connectivity index (χ2n) is 8.15. The fraction of sp³-hybridized carbons (Fsp3) is 0.360. The zero-order valence-electron chi connectivity index (χ0n) is 19.5. The summed E-state index contributed by atoms with van der Waals surface area (Å²) in [5.74, 6) is -2.32. The molecule has 2 rings (SSSR count). The first kappa shape index (κ1) is 26.1. The molecule has 0 radical (unpaired) electrons. The molecule has 7 nitrogen and oxygen atoms in total. The first-order chi connectivity index (χ1) is 15.5. The summed E-state index contributed by atoms with van der Waals surface area (Å²) >= 11 is 6.26. The molecule has 0 heterocycles. The van der Waals surface area contributed by atoms with Gasteiger partial charge in [0.1, 0.15) is 6.04 Å². The third-order valence-electron chi connectivity index (χ3n) is 4.63. The van der Waals surface area contributed by atoms with E-state index >= 15 is 0 Å². The normalized spacial score (nSPS) is 12.2. The summed E-state index contributed by atoms with van der Waals surface area (Å²) in [6.45, 7) is 8.86. The SMILES string of the molecule is COC(=O)C(N=Cc1cc(Cl)cc(OC(=O)c2cccc(C)c2)c1OC(=O)C(C)C)C(C)C. The van der Waals surface area contributed by atoms with Crippen molar-refractivity contribution in [2.45, 2.75) is 40.7 Å². The summed E-state index contributed by atoms with van der Waals surface area (Å²) in [5.41, 5.74) is 1.49. The van der Waals surface area contributed by atoms with Gasteiger partial charge < -0.3 is 14.2 Å². The molecule has 0 bridgehead atoms. The van der Waals surface area contributed by atoms with Crippen molar-refractivity contribution in [3.05, 3.63) is 58.1 Å². The molecule has 33 heavy (non-hydrogen) atoms. The van der Waals surface area contributed by atoms with Gasteiger partial charge in [0, 0.05) is 22.9 Å². The fourth-order valence-electron chi connectivity index (χ4n) is 2.81. The molecule has 0 spiro atoms. The van der Waals surface area contributed by atoms with Gasteiger partial charge in [-0.3, -0.25) is 9.79 Å². The maximum absolute atomic E-state index is 12.7. The first-order valence-corrected chi connectivity index (χ1v) is 10.9. The highest BCUT2D eigenvalue weighted by molar-refractivity contribution is 6.31. The predicted molar refractivity (Wildman–Crippen MR) is 126 cm³/mol. The minimum atomic E-state index is -0.777. The molecule has 8 heteroatoms. The second-order valence-corrected chi connectivity index (χ2v) is 8.58. The Kier molecular flexibility index (Phi) is 9.17. The molecule has 0 saturated heterocycles. The molecule has 0 aliphatic rings. The molecule has 176 valence electrons. The highest BCUT2D eigenvalue weighted by Crippen LogP contribution is 2.35. The summed E-state index contributed by atoms with van der Waals surface area (Å²) in [6, 6.07) is 9.00. The molecule has 2 aromatic rings. The van der Waals surface area contributed by atoms with E-state index in [0.29, 0.717) is 5.56 Å². The Morgan fingerprint density at radius 3 is 2.27 bits per heavy atom. The van der Waals surface area contributed by atoms with Crippen LogP contribution in [0, 0.1) is 18.8 Å². The second kappa shape index (κ2) is 11.6. The number of halogens is 1. The zero-order valence-corrected chi connectivity index (χ0v) is 20.3. The van der Waals surface area contributed by atoms with Crippen molar-refractivity contribution in [1.29, 1.82) is 0 Å². The van der Waals surface area contributed by atoms with Crippen molar-refractivity contribution in [2.75, 3.05) is 7.11 Å². The number of hydrogen-bond donors (Lipinski definition) is 0. The van der Waals surface area contributed by atoms with E-state index in [1.165, 1.54) is 25.5 Å². The van der Waals surface area contributed by atoms with E-state index in [0.717, 1.165) is 5.56 Å². The Bertz CT molecular complexity index is 1060. The third kappa shape index (κ3) is 7.15. The maximum Gasteiger partial charge on any atom is 0.343 e. The summed E-state index contributed by atoms with van der Waals surface area (Å²) in [5, 5.41) is 0.229. The number of methoxy groups -OCH3 is 1. The molecule has 0 aromatic heterocycles. The number of carbonyl (C=O) groups is 3. The van der Waals surface area contributed by atoms with Crippen LogP contribution < -0.4 is 9.47 Å². The Balaban J connectivity index is 2.53. The van der Waals surface area contributed by atoms with E-state index in [-0.39, 0.29) is 28.0 Å². The lowest BCUT2D eigenvalue weighted by Gasteiger charge is -2.16. The lowest BCUT2D eigenvalue weighted by Crippen LogP contribution is -2.26. The summed E-state index contributed by atoms with van der Waals surface area (Å²) < 4.78 is 15.9. The van der Waals surface area contributed by atoms with E-state index in [4.69, 9.17) is 25.8 Å². The molecule has 0 amide bonds. The number of nitrogens with zero attached hydrogens (tertiary/aromatic N) is 1. The van der Waals surface area contributed by atoms with E-state index in [1.54, 1.807) is 32.0 Å². The van der Waals surface area contributed by atoms with Crippen LogP contribution in [-0.2, 0) is 14.3 Å². The number of carbonyl (C=O) groups excluding carboxylic acids is 3. The summed E-state index contributed by atoms with van der Waals surface area (Å²) in [7, 11) is 1.28. The number of aryl methyl sites for hydroxylation is 1. The van der Waals surface area contributed by atoms with Crippen molar-refractivity contribution < 1.29 is 28.6 Å². The van der Waals surface area contributed by atoms with Crippen molar-refractivity contribution in [3.63, 3.8) is 0 Å². The molecule has 2 aromatic carbocycles. The van der Waals surface area contributed by atoms with E-state index in [2.05, 4.69) is 4.99 Å². The highest BCUT2D eigenvalue weighted by Gasteiger charge is 2.24. The van der Waals surface area contributed by atoms with Crippen LogP contribution in [0.3, 0.4) is 0 Å². The maximum atomic E-state index is 12.7. The Hall–Kier alpha value is -3.19. The lowest BCUT2D eigenvalue weighted by atomic mass is 10.1. The predicted octanol–water partition coefficient (Wildman–Crippen LogP) is 5.05. The van der Waals surface area contributed by atoms with E-state index in [1.807, 2.05) is 26.8 Å². The minimum Gasteiger partial charge on any atom is -0.467 e. The molecule has 1 atom stereocenters. The van der Waals surface area contributed by atoms with Gasteiger partial charge >= 0.3 is 17.9 Å². The van der Waals surface area contributed by atoms with Crippen LogP contribution in [0.4, 0.5) is 0 Å². The highest BCUT2D eigenvalue weighted by atomic mass is 35.5. The lowest BCUT2D eigenvalue weighted by molar-refractivity contribution is -0.143. The number of hydrogen-bond acceptors (Lipinski definition) is 7. The fourth-order valence-corrected chi connectivity index (χ4v) is 3.02. The smallest absolute Gasteiger partial charge is 0.343 e. The molecule has 0 fully saturated rings. The van der Waals surface area contributed by atoms with Gasteiger partial charge in [-0.25, -0.2) is 9.59 Å². The van der Waals surface area contributed by atoms with Gasteiger partial charge in [-0.2, -0.15) is 0 Å². The van der Waals surface area contributed by atoms with Gasteiger partial charge in [0.15, 0.2) is 11.5 Å². The van der Waals surface area contributed by atoms with Gasteiger partial charge in [0.2, 0.25) is 0 Å².